The topological polar surface area (TPSA) is 40.7 Å². The number of H-pyrrole nitrogens is 1. The molecule has 0 saturated carbocycles. The Morgan fingerprint density at radius 1 is 0.917 bits per heavy atom. The summed E-state index contributed by atoms with van der Waals surface area (Å²) in [6.45, 7) is 1.13. The van der Waals surface area contributed by atoms with Crippen LogP contribution in [0.3, 0.4) is 0 Å². The van der Waals surface area contributed by atoms with Crippen LogP contribution in [0.5, 0.6) is 0 Å². The van der Waals surface area contributed by atoms with E-state index in [2.05, 4.69) is 57.7 Å². The summed E-state index contributed by atoms with van der Waals surface area (Å²) in [5, 5.41) is 5.75. The molecule has 126 valence electrons. The quantitative estimate of drug-likeness (QED) is 0.548. The van der Waals surface area contributed by atoms with Gasteiger partial charge in [0.15, 0.2) is 0 Å². The number of unbranched alkanes of at least 4 members (excludes halogenated alkanes) is 4. The zero-order valence-corrected chi connectivity index (χ0v) is 14.5. The van der Waals surface area contributed by atoms with E-state index < -0.39 is 0 Å². The molecule has 0 radical (unpaired) electrons. The van der Waals surface area contributed by atoms with Crippen LogP contribution >= 0.6 is 0 Å². The van der Waals surface area contributed by atoms with Gasteiger partial charge in [0.05, 0.1) is 11.9 Å². The Morgan fingerprint density at radius 3 is 2.58 bits per heavy atom. The minimum absolute atomic E-state index is 1.04. The molecular weight excluding hydrogens is 294 g/mol. The van der Waals surface area contributed by atoms with Gasteiger partial charge < -0.3 is 10.3 Å². The zero-order valence-electron chi connectivity index (χ0n) is 14.5. The molecule has 2 N–H and O–H groups in total. The fourth-order valence-electron chi connectivity index (χ4n) is 3.12. The molecular formula is C21H27N3. The van der Waals surface area contributed by atoms with Crippen LogP contribution in [-0.4, -0.2) is 23.6 Å². The molecule has 1 heterocycles. The van der Waals surface area contributed by atoms with Crippen molar-refractivity contribution >= 4 is 10.8 Å². The summed E-state index contributed by atoms with van der Waals surface area (Å²) in [5.74, 6) is 1.10. The average Bonchev–Trinajstić information content (AvgIpc) is 3.09. The molecule has 3 aromatic rings. The van der Waals surface area contributed by atoms with Crippen molar-refractivity contribution in [2.45, 2.75) is 38.5 Å². The van der Waals surface area contributed by atoms with Gasteiger partial charge in [-0.15, -0.1) is 0 Å². The number of hydrogen-bond acceptors (Lipinski definition) is 2. The molecule has 1 aromatic heterocycles. The monoisotopic (exact) mass is 321 g/mol. The zero-order chi connectivity index (χ0) is 16.6. The number of imidazole rings is 1. The third-order valence-electron chi connectivity index (χ3n) is 4.53. The van der Waals surface area contributed by atoms with E-state index in [9.17, 15) is 0 Å². The van der Waals surface area contributed by atoms with Gasteiger partial charge in [-0.2, -0.15) is 0 Å². The molecule has 0 aliphatic heterocycles. The molecule has 3 nitrogen and oxygen atoms in total. The van der Waals surface area contributed by atoms with Gasteiger partial charge in [0.1, 0.15) is 5.82 Å². The van der Waals surface area contributed by atoms with Crippen molar-refractivity contribution in [1.82, 2.24) is 15.3 Å². The number of nitrogens with one attached hydrogen (secondary N) is 2. The minimum Gasteiger partial charge on any atom is -0.342 e. The highest BCUT2D eigenvalue weighted by Crippen LogP contribution is 2.23. The average molecular weight is 321 g/mol. The number of rotatable bonds is 9. The van der Waals surface area contributed by atoms with Gasteiger partial charge in [-0.3, -0.25) is 0 Å². The second-order valence-corrected chi connectivity index (χ2v) is 6.43. The Balaban J connectivity index is 1.53. The lowest BCUT2D eigenvalue weighted by molar-refractivity contribution is 0.593. The van der Waals surface area contributed by atoms with Crippen LogP contribution in [0, 0.1) is 0 Å². The fraction of sp³-hybridized carbons (Fsp3) is 0.381. The maximum Gasteiger partial charge on any atom is 0.106 e. The van der Waals surface area contributed by atoms with Gasteiger partial charge in [0, 0.05) is 12.0 Å². The summed E-state index contributed by atoms with van der Waals surface area (Å²) >= 11 is 0. The van der Waals surface area contributed by atoms with Crippen molar-refractivity contribution < 1.29 is 0 Å². The first-order chi connectivity index (χ1) is 11.9. The Kier molecular flexibility index (Phi) is 6.02. The van der Waals surface area contributed by atoms with Crippen LogP contribution in [0.1, 0.15) is 37.9 Å². The highest BCUT2D eigenvalue weighted by atomic mass is 14.9. The fourth-order valence-corrected chi connectivity index (χ4v) is 3.12. The van der Waals surface area contributed by atoms with Gasteiger partial charge in [-0.1, -0.05) is 55.7 Å². The highest BCUT2D eigenvalue weighted by molar-refractivity contribution is 5.86. The summed E-state index contributed by atoms with van der Waals surface area (Å²) in [7, 11) is 2.02. The van der Waals surface area contributed by atoms with Crippen LogP contribution < -0.4 is 5.32 Å². The number of aryl methyl sites for hydroxylation is 1. The highest BCUT2D eigenvalue weighted by Gasteiger charge is 2.04. The third kappa shape index (κ3) is 4.45. The van der Waals surface area contributed by atoms with Gasteiger partial charge in [0.25, 0.3) is 0 Å². The number of fused-ring (bicyclic) bond motifs is 1. The third-order valence-corrected chi connectivity index (χ3v) is 4.53. The van der Waals surface area contributed by atoms with Crippen LogP contribution in [0.4, 0.5) is 0 Å². The van der Waals surface area contributed by atoms with Crippen molar-refractivity contribution in [1.29, 1.82) is 0 Å². The van der Waals surface area contributed by atoms with Crippen molar-refractivity contribution in [3.05, 3.63) is 54.5 Å². The molecule has 0 aliphatic rings. The predicted molar refractivity (Wildman–Crippen MR) is 102 cm³/mol. The SMILES string of the molecule is CNCCCCCCCc1ncc(-c2ccc3ccccc3c2)[nH]1. The van der Waals surface area contributed by atoms with E-state index in [0.717, 1.165) is 24.5 Å². The van der Waals surface area contributed by atoms with Crippen LogP contribution in [0.2, 0.25) is 0 Å². The van der Waals surface area contributed by atoms with Crippen LogP contribution in [0.25, 0.3) is 22.0 Å². The Labute approximate surface area is 144 Å². The molecule has 0 amide bonds. The molecule has 0 atom stereocenters. The molecule has 0 aliphatic carbocycles. The Morgan fingerprint density at radius 2 is 1.71 bits per heavy atom. The number of aromatic amines is 1. The summed E-state index contributed by atoms with van der Waals surface area (Å²) in [4.78, 5) is 8.04. The van der Waals surface area contributed by atoms with E-state index >= 15 is 0 Å². The summed E-state index contributed by atoms with van der Waals surface area (Å²) in [6.07, 6.45) is 9.43. The van der Waals surface area contributed by atoms with Gasteiger partial charge in [-0.25, -0.2) is 4.98 Å². The lowest BCUT2D eigenvalue weighted by Crippen LogP contribution is -2.06. The Hall–Kier alpha value is -2.13. The summed E-state index contributed by atoms with van der Waals surface area (Å²) < 4.78 is 0. The van der Waals surface area contributed by atoms with E-state index in [1.165, 1.54) is 48.4 Å². The first kappa shape index (κ1) is 16.7. The maximum atomic E-state index is 4.55. The van der Waals surface area contributed by atoms with E-state index in [0.29, 0.717) is 0 Å². The second-order valence-electron chi connectivity index (χ2n) is 6.43. The molecule has 0 spiro atoms. The van der Waals surface area contributed by atoms with Gasteiger partial charge in [0.2, 0.25) is 0 Å². The molecule has 2 aromatic carbocycles. The van der Waals surface area contributed by atoms with Crippen molar-refractivity contribution in [3.8, 4) is 11.3 Å². The van der Waals surface area contributed by atoms with E-state index in [1.54, 1.807) is 0 Å². The first-order valence-electron chi connectivity index (χ1n) is 9.04. The van der Waals surface area contributed by atoms with Crippen molar-refractivity contribution in [2.75, 3.05) is 13.6 Å². The number of hydrogen-bond donors (Lipinski definition) is 2. The molecule has 0 unspecified atom stereocenters. The second kappa shape index (κ2) is 8.65. The van der Waals surface area contributed by atoms with Crippen molar-refractivity contribution in [3.63, 3.8) is 0 Å². The Bertz CT molecular complexity index is 760. The minimum atomic E-state index is 1.04. The molecule has 0 fully saturated rings. The van der Waals surface area contributed by atoms with E-state index in [1.807, 2.05) is 13.2 Å². The molecule has 3 heteroatoms. The molecule has 3 rings (SSSR count). The molecule has 24 heavy (non-hydrogen) atoms. The van der Waals surface area contributed by atoms with Crippen molar-refractivity contribution in [2.24, 2.45) is 0 Å². The maximum absolute atomic E-state index is 4.55. The molecule has 0 saturated heterocycles. The number of nitrogens with zero attached hydrogens (tertiary/aromatic N) is 1. The first-order valence-corrected chi connectivity index (χ1v) is 9.04. The van der Waals surface area contributed by atoms with Gasteiger partial charge >= 0.3 is 0 Å². The summed E-state index contributed by atoms with van der Waals surface area (Å²) in [6, 6.07) is 15.0. The summed E-state index contributed by atoms with van der Waals surface area (Å²) in [5.41, 5.74) is 2.32. The standard InChI is InChI=1S/C21H27N3/c1-22-14-8-4-2-3-5-11-21-23-16-20(24-21)19-13-12-17-9-6-7-10-18(17)15-19/h6-7,9-10,12-13,15-16,22H,2-5,8,11,14H2,1H3,(H,23,24). The van der Waals surface area contributed by atoms with E-state index in [4.69, 9.17) is 0 Å². The normalized spacial score (nSPS) is 11.2. The molecule has 0 bridgehead atoms. The smallest absolute Gasteiger partial charge is 0.106 e. The van der Waals surface area contributed by atoms with Gasteiger partial charge in [-0.05, 0) is 43.3 Å². The largest absolute Gasteiger partial charge is 0.342 e. The lowest BCUT2D eigenvalue weighted by Gasteiger charge is -2.02. The van der Waals surface area contributed by atoms with E-state index in [-0.39, 0.29) is 0 Å². The van der Waals surface area contributed by atoms with Crippen LogP contribution in [0.15, 0.2) is 48.7 Å². The predicted octanol–water partition coefficient (Wildman–Crippen LogP) is 4.94. The van der Waals surface area contributed by atoms with Crippen LogP contribution in [-0.2, 0) is 6.42 Å². The number of benzene rings is 2. The lowest BCUT2D eigenvalue weighted by atomic mass is 10.1. The number of aromatic nitrogens is 2.